The minimum atomic E-state index is 0.0690. The molecule has 0 fully saturated rings. The Balaban J connectivity index is 2.05. The van der Waals surface area contributed by atoms with Crippen LogP contribution in [0, 0.1) is 19.3 Å². The predicted molar refractivity (Wildman–Crippen MR) is 88.5 cm³/mol. The van der Waals surface area contributed by atoms with Gasteiger partial charge in [0.25, 0.3) is 0 Å². The van der Waals surface area contributed by atoms with Gasteiger partial charge < -0.3 is 4.57 Å². The molecule has 2 aromatic heterocycles. The summed E-state index contributed by atoms with van der Waals surface area (Å²) in [5.74, 6) is 0.297. The van der Waals surface area contributed by atoms with Crippen LogP contribution in [0.15, 0.2) is 18.3 Å². The van der Waals surface area contributed by atoms with Crippen LogP contribution >= 0.6 is 11.3 Å². The SMILES string of the molecule is Cc1cc(C(C)n2ccc3c2CC(C)(C)CC3=O)c(C)s1. The Morgan fingerprint density at radius 1 is 1.29 bits per heavy atom. The van der Waals surface area contributed by atoms with Gasteiger partial charge in [0.15, 0.2) is 5.78 Å². The fourth-order valence-electron chi connectivity index (χ4n) is 3.54. The van der Waals surface area contributed by atoms with Crippen LogP contribution in [0.5, 0.6) is 0 Å². The molecular weight excluding hydrogens is 278 g/mol. The zero-order valence-corrected chi connectivity index (χ0v) is 14.3. The average molecular weight is 301 g/mol. The van der Waals surface area contributed by atoms with Gasteiger partial charge in [-0.15, -0.1) is 11.3 Å². The molecule has 1 aliphatic rings. The lowest BCUT2D eigenvalue weighted by Gasteiger charge is -2.31. The van der Waals surface area contributed by atoms with Crippen molar-refractivity contribution >= 4 is 17.1 Å². The minimum Gasteiger partial charge on any atom is -0.344 e. The van der Waals surface area contributed by atoms with Gasteiger partial charge in [0.1, 0.15) is 0 Å². The van der Waals surface area contributed by atoms with Crippen molar-refractivity contribution in [2.75, 3.05) is 0 Å². The molecule has 0 saturated heterocycles. The van der Waals surface area contributed by atoms with Crippen molar-refractivity contribution < 1.29 is 4.79 Å². The Labute approximate surface area is 130 Å². The first kappa shape index (κ1) is 14.6. The molecule has 112 valence electrons. The quantitative estimate of drug-likeness (QED) is 0.771. The summed E-state index contributed by atoms with van der Waals surface area (Å²) in [5, 5.41) is 0. The Hall–Kier alpha value is -1.35. The van der Waals surface area contributed by atoms with Gasteiger partial charge in [0, 0.05) is 33.6 Å². The van der Waals surface area contributed by atoms with Crippen molar-refractivity contribution in [3.05, 3.63) is 44.9 Å². The van der Waals surface area contributed by atoms with Crippen LogP contribution in [-0.4, -0.2) is 10.4 Å². The fraction of sp³-hybridized carbons (Fsp3) is 0.500. The van der Waals surface area contributed by atoms with Gasteiger partial charge in [-0.25, -0.2) is 0 Å². The van der Waals surface area contributed by atoms with Gasteiger partial charge in [0.2, 0.25) is 0 Å². The van der Waals surface area contributed by atoms with Crippen molar-refractivity contribution in [1.82, 2.24) is 4.57 Å². The number of fused-ring (bicyclic) bond motifs is 1. The van der Waals surface area contributed by atoms with E-state index in [1.54, 1.807) is 0 Å². The normalized spacial score (nSPS) is 18.6. The third kappa shape index (κ3) is 2.48. The molecule has 21 heavy (non-hydrogen) atoms. The number of aryl methyl sites for hydroxylation is 2. The van der Waals surface area contributed by atoms with Crippen molar-refractivity contribution in [2.45, 2.75) is 53.5 Å². The Kier molecular flexibility index (Phi) is 3.36. The van der Waals surface area contributed by atoms with Crippen LogP contribution in [0.25, 0.3) is 0 Å². The van der Waals surface area contributed by atoms with Crippen molar-refractivity contribution in [3.8, 4) is 0 Å². The summed E-state index contributed by atoms with van der Waals surface area (Å²) < 4.78 is 2.31. The molecule has 3 rings (SSSR count). The van der Waals surface area contributed by atoms with Crippen molar-refractivity contribution in [3.63, 3.8) is 0 Å². The van der Waals surface area contributed by atoms with E-state index in [1.807, 2.05) is 17.4 Å². The monoisotopic (exact) mass is 301 g/mol. The number of thiophene rings is 1. The fourth-order valence-corrected chi connectivity index (χ4v) is 4.56. The maximum absolute atomic E-state index is 12.3. The third-order valence-corrected chi connectivity index (χ3v) is 5.54. The molecule has 2 aromatic rings. The molecule has 0 spiro atoms. The third-order valence-electron chi connectivity index (χ3n) is 4.56. The number of aromatic nitrogens is 1. The van der Waals surface area contributed by atoms with Gasteiger partial charge in [-0.05, 0) is 50.3 Å². The molecule has 2 nitrogen and oxygen atoms in total. The number of hydrogen-bond acceptors (Lipinski definition) is 2. The highest BCUT2D eigenvalue weighted by molar-refractivity contribution is 7.12. The number of nitrogens with zero attached hydrogens (tertiary/aromatic N) is 1. The number of rotatable bonds is 2. The molecule has 0 aliphatic heterocycles. The largest absolute Gasteiger partial charge is 0.344 e. The van der Waals surface area contributed by atoms with E-state index in [1.165, 1.54) is 21.0 Å². The molecule has 0 radical (unpaired) electrons. The summed E-state index contributed by atoms with van der Waals surface area (Å²) in [6.07, 6.45) is 3.74. The van der Waals surface area contributed by atoms with Crippen LogP contribution in [-0.2, 0) is 6.42 Å². The number of carbonyl (C=O) groups is 1. The van der Waals surface area contributed by atoms with E-state index in [0.717, 1.165) is 12.0 Å². The zero-order valence-electron chi connectivity index (χ0n) is 13.5. The zero-order chi connectivity index (χ0) is 15.4. The summed E-state index contributed by atoms with van der Waals surface area (Å²) in [6.45, 7) is 11.0. The highest BCUT2D eigenvalue weighted by atomic mass is 32.1. The summed E-state index contributed by atoms with van der Waals surface area (Å²) in [5.41, 5.74) is 3.60. The Bertz CT molecular complexity index is 705. The number of hydrogen-bond donors (Lipinski definition) is 0. The Morgan fingerprint density at radius 3 is 2.62 bits per heavy atom. The molecule has 0 saturated carbocycles. The lowest BCUT2D eigenvalue weighted by Crippen LogP contribution is -2.28. The van der Waals surface area contributed by atoms with Gasteiger partial charge in [-0.3, -0.25) is 4.79 Å². The molecule has 1 atom stereocenters. The second-order valence-corrected chi connectivity index (χ2v) is 8.53. The molecule has 3 heteroatoms. The van der Waals surface area contributed by atoms with Crippen LogP contribution < -0.4 is 0 Å². The lowest BCUT2D eigenvalue weighted by atomic mass is 9.76. The smallest absolute Gasteiger partial charge is 0.165 e. The second-order valence-electron chi connectivity index (χ2n) is 7.07. The van der Waals surface area contributed by atoms with Crippen LogP contribution in [0.4, 0.5) is 0 Å². The maximum Gasteiger partial charge on any atom is 0.165 e. The summed E-state index contributed by atoms with van der Waals surface area (Å²) in [4.78, 5) is 15.1. The number of Topliss-reactive ketones (excluding diaryl/α,β-unsaturated/α-hetero) is 1. The summed E-state index contributed by atoms with van der Waals surface area (Å²) in [7, 11) is 0. The van der Waals surface area contributed by atoms with Gasteiger partial charge in [-0.2, -0.15) is 0 Å². The van der Waals surface area contributed by atoms with Gasteiger partial charge >= 0.3 is 0 Å². The van der Waals surface area contributed by atoms with Gasteiger partial charge in [0.05, 0.1) is 6.04 Å². The molecular formula is C18H23NOS. The van der Waals surface area contributed by atoms with E-state index < -0.39 is 0 Å². The average Bonchev–Trinajstić information content (AvgIpc) is 2.90. The van der Waals surface area contributed by atoms with Crippen molar-refractivity contribution in [1.29, 1.82) is 0 Å². The van der Waals surface area contributed by atoms with E-state index >= 15 is 0 Å². The van der Waals surface area contributed by atoms with E-state index in [2.05, 4.69) is 51.4 Å². The van der Waals surface area contributed by atoms with Crippen molar-refractivity contribution in [2.24, 2.45) is 5.41 Å². The lowest BCUT2D eigenvalue weighted by molar-refractivity contribution is 0.0909. The molecule has 0 aromatic carbocycles. The maximum atomic E-state index is 12.3. The highest BCUT2D eigenvalue weighted by Crippen LogP contribution is 2.38. The molecule has 0 amide bonds. The first-order valence-corrected chi connectivity index (χ1v) is 8.40. The summed E-state index contributed by atoms with van der Waals surface area (Å²) in [6, 6.07) is 4.59. The van der Waals surface area contributed by atoms with E-state index in [4.69, 9.17) is 0 Å². The first-order chi connectivity index (χ1) is 9.78. The van der Waals surface area contributed by atoms with E-state index in [9.17, 15) is 4.79 Å². The van der Waals surface area contributed by atoms with E-state index in [-0.39, 0.29) is 5.41 Å². The van der Waals surface area contributed by atoms with Crippen LogP contribution in [0.3, 0.4) is 0 Å². The summed E-state index contributed by atoms with van der Waals surface area (Å²) >= 11 is 1.85. The number of ketones is 1. The molecule has 0 N–H and O–H groups in total. The topological polar surface area (TPSA) is 22.0 Å². The van der Waals surface area contributed by atoms with Crippen LogP contribution in [0.1, 0.15) is 64.6 Å². The predicted octanol–water partition coefficient (Wildman–Crippen LogP) is 4.93. The molecule has 2 heterocycles. The first-order valence-electron chi connectivity index (χ1n) is 7.58. The Morgan fingerprint density at radius 2 is 2.00 bits per heavy atom. The molecule has 1 unspecified atom stereocenters. The van der Waals surface area contributed by atoms with Gasteiger partial charge in [-0.1, -0.05) is 13.8 Å². The van der Waals surface area contributed by atoms with Crippen LogP contribution in [0.2, 0.25) is 0 Å². The standard InChI is InChI=1S/C18H23NOS/c1-11-8-15(13(3)21-11)12(2)19-7-6-14-16(19)9-18(4,5)10-17(14)20/h6-8,12H,9-10H2,1-5H3. The second kappa shape index (κ2) is 4.84. The molecule has 0 bridgehead atoms. The minimum absolute atomic E-state index is 0.0690. The molecule has 1 aliphatic carbocycles. The highest BCUT2D eigenvalue weighted by Gasteiger charge is 2.34. The van der Waals surface area contributed by atoms with E-state index in [0.29, 0.717) is 18.2 Å². The number of carbonyl (C=O) groups excluding carboxylic acids is 1.